The second-order valence-corrected chi connectivity index (χ2v) is 9.38. The van der Waals surface area contributed by atoms with Crippen molar-refractivity contribution in [1.29, 1.82) is 0 Å². The Morgan fingerprint density at radius 3 is 2.72 bits per heavy atom. The van der Waals surface area contributed by atoms with Crippen LogP contribution in [0, 0.1) is 5.92 Å². The van der Waals surface area contributed by atoms with Crippen molar-refractivity contribution < 1.29 is 17.9 Å². The third-order valence-corrected chi connectivity index (χ3v) is 6.74. The molecule has 0 heterocycles. The van der Waals surface area contributed by atoms with Crippen LogP contribution in [0.2, 0.25) is 0 Å². The number of rotatable bonds is 7. The van der Waals surface area contributed by atoms with Crippen molar-refractivity contribution in [2.45, 2.75) is 24.2 Å². The zero-order valence-corrected chi connectivity index (χ0v) is 18.4. The van der Waals surface area contributed by atoms with E-state index in [1.54, 1.807) is 30.3 Å². The van der Waals surface area contributed by atoms with Crippen molar-refractivity contribution in [2.24, 2.45) is 5.92 Å². The van der Waals surface area contributed by atoms with Crippen molar-refractivity contribution in [1.82, 2.24) is 5.32 Å². The molecule has 0 aliphatic heterocycles. The Morgan fingerprint density at radius 1 is 1.21 bits per heavy atom. The molecule has 0 spiro atoms. The van der Waals surface area contributed by atoms with Gasteiger partial charge in [-0.05, 0) is 77.5 Å². The van der Waals surface area contributed by atoms with E-state index in [0.29, 0.717) is 33.9 Å². The van der Waals surface area contributed by atoms with Gasteiger partial charge in [-0.25, -0.2) is 8.42 Å². The Kier molecular flexibility index (Phi) is 6.97. The van der Waals surface area contributed by atoms with Gasteiger partial charge in [0.2, 0.25) is 0 Å². The van der Waals surface area contributed by atoms with Crippen LogP contribution in [0.25, 0.3) is 0 Å². The lowest BCUT2D eigenvalue weighted by atomic mass is 9.94. The summed E-state index contributed by atoms with van der Waals surface area (Å²) in [5.74, 6) is 0.745. The van der Waals surface area contributed by atoms with E-state index in [2.05, 4.69) is 38.1 Å². The molecule has 154 valence electrons. The van der Waals surface area contributed by atoms with Gasteiger partial charge in [-0.1, -0.05) is 18.2 Å². The minimum atomic E-state index is -3.84. The molecule has 8 heteroatoms. The van der Waals surface area contributed by atoms with Crippen LogP contribution < -0.4 is 14.8 Å². The lowest BCUT2D eigenvalue weighted by molar-refractivity contribution is 0.0946. The van der Waals surface area contributed by atoms with E-state index in [9.17, 15) is 13.2 Å². The summed E-state index contributed by atoms with van der Waals surface area (Å²) in [6, 6.07) is 10.9. The summed E-state index contributed by atoms with van der Waals surface area (Å²) in [5, 5.41) is 2.91. The van der Waals surface area contributed by atoms with Gasteiger partial charge in [-0.15, -0.1) is 0 Å². The minimum absolute atomic E-state index is 0.0256. The molecule has 1 unspecified atom stereocenters. The van der Waals surface area contributed by atoms with Gasteiger partial charge in [0.05, 0.1) is 22.2 Å². The number of ether oxygens (including phenoxy) is 1. The average molecular weight is 479 g/mol. The molecule has 0 aromatic heterocycles. The maximum atomic E-state index is 12.8. The number of methoxy groups -OCH3 is 1. The Morgan fingerprint density at radius 2 is 2.03 bits per heavy atom. The molecule has 1 atom stereocenters. The van der Waals surface area contributed by atoms with Gasteiger partial charge in [0.1, 0.15) is 5.75 Å². The number of halogens is 1. The standard InChI is InChI=1S/C21H23BrN2O4S/c1-28-20-11-10-17(13-19(20)22)24-29(26,27)18-9-5-8-16(12-18)21(25)23-14-15-6-3-2-4-7-15/h2-3,5,8-13,15,24H,4,6-7,14H2,1H3,(H,23,25). The Balaban J connectivity index is 1.70. The van der Waals surface area contributed by atoms with E-state index in [-0.39, 0.29) is 10.8 Å². The molecule has 0 saturated carbocycles. The molecule has 6 nitrogen and oxygen atoms in total. The number of nitrogens with one attached hydrogen (secondary N) is 2. The maximum absolute atomic E-state index is 12.8. The molecular weight excluding hydrogens is 456 g/mol. The third kappa shape index (κ3) is 5.61. The molecule has 1 amide bonds. The molecule has 0 fully saturated rings. The summed E-state index contributed by atoms with van der Waals surface area (Å²) in [6.07, 6.45) is 7.32. The predicted octanol–water partition coefficient (Wildman–Crippen LogP) is 4.34. The first-order valence-corrected chi connectivity index (χ1v) is 11.6. The van der Waals surface area contributed by atoms with Crippen molar-refractivity contribution in [3.63, 3.8) is 0 Å². The normalized spacial score (nSPS) is 16.3. The molecule has 1 aliphatic rings. The minimum Gasteiger partial charge on any atom is -0.496 e. The predicted molar refractivity (Wildman–Crippen MR) is 117 cm³/mol. The third-order valence-electron chi connectivity index (χ3n) is 4.74. The first kappa shape index (κ1) is 21.4. The van der Waals surface area contributed by atoms with Crippen molar-refractivity contribution in [2.75, 3.05) is 18.4 Å². The Hall–Kier alpha value is -2.32. The van der Waals surface area contributed by atoms with E-state index >= 15 is 0 Å². The molecule has 2 aromatic carbocycles. The number of anilines is 1. The summed E-state index contributed by atoms with van der Waals surface area (Å²) >= 11 is 3.33. The largest absolute Gasteiger partial charge is 0.496 e. The SMILES string of the molecule is COc1ccc(NS(=O)(=O)c2cccc(C(=O)NCC3CC=CCC3)c2)cc1Br. The molecule has 0 saturated heterocycles. The number of hydrogen-bond acceptors (Lipinski definition) is 4. The first-order chi connectivity index (χ1) is 13.9. The van der Waals surface area contributed by atoms with Gasteiger partial charge in [0.25, 0.3) is 15.9 Å². The molecule has 0 bridgehead atoms. The number of carbonyl (C=O) groups is 1. The average Bonchev–Trinajstić information content (AvgIpc) is 2.73. The van der Waals surface area contributed by atoms with Crippen LogP contribution in [0.3, 0.4) is 0 Å². The zero-order chi connectivity index (χ0) is 20.9. The summed E-state index contributed by atoms with van der Waals surface area (Å²) in [4.78, 5) is 12.5. The highest BCUT2D eigenvalue weighted by molar-refractivity contribution is 9.10. The second-order valence-electron chi connectivity index (χ2n) is 6.84. The molecule has 2 aromatic rings. The van der Waals surface area contributed by atoms with Crippen LogP contribution in [-0.4, -0.2) is 28.0 Å². The fraction of sp³-hybridized carbons (Fsp3) is 0.286. The van der Waals surface area contributed by atoms with Crippen LogP contribution in [0.4, 0.5) is 5.69 Å². The van der Waals surface area contributed by atoms with Crippen LogP contribution in [-0.2, 0) is 10.0 Å². The smallest absolute Gasteiger partial charge is 0.261 e. The highest BCUT2D eigenvalue weighted by Crippen LogP contribution is 2.29. The summed E-state index contributed by atoms with van der Waals surface area (Å²) in [6.45, 7) is 0.582. The monoisotopic (exact) mass is 478 g/mol. The van der Waals surface area contributed by atoms with Crippen LogP contribution in [0.5, 0.6) is 5.75 Å². The van der Waals surface area contributed by atoms with Gasteiger partial charge >= 0.3 is 0 Å². The van der Waals surface area contributed by atoms with Crippen molar-refractivity contribution in [3.05, 3.63) is 64.7 Å². The Labute approximate surface area is 179 Å². The van der Waals surface area contributed by atoms with Gasteiger partial charge in [0, 0.05) is 12.1 Å². The van der Waals surface area contributed by atoms with Crippen LogP contribution in [0.15, 0.2) is 64.0 Å². The second kappa shape index (κ2) is 9.45. The summed E-state index contributed by atoms with van der Waals surface area (Å²) < 4.78 is 33.8. The Bertz CT molecular complexity index is 1020. The molecule has 2 N–H and O–H groups in total. The fourth-order valence-electron chi connectivity index (χ4n) is 3.13. The molecule has 1 aliphatic carbocycles. The molecule has 0 radical (unpaired) electrons. The van der Waals surface area contributed by atoms with Crippen LogP contribution >= 0.6 is 15.9 Å². The number of hydrogen-bond donors (Lipinski definition) is 2. The molecule has 3 rings (SSSR count). The van der Waals surface area contributed by atoms with E-state index in [4.69, 9.17) is 4.74 Å². The van der Waals surface area contributed by atoms with Crippen molar-refractivity contribution in [3.8, 4) is 5.75 Å². The zero-order valence-electron chi connectivity index (χ0n) is 16.0. The highest BCUT2D eigenvalue weighted by Gasteiger charge is 2.18. The topological polar surface area (TPSA) is 84.5 Å². The van der Waals surface area contributed by atoms with Crippen molar-refractivity contribution >= 4 is 37.5 Å². The lowest BCUT2D eigenvalue weighted by Gasteiger charge is -2.18. The molecular formula is C21H23BrN2O4S. The van der Waals surface area contributed by atoms with E-state index in [0.717, 1.165) is 19.3 Å². The maximum Gasteiger partial charge on any atom is 0.261 e. The van der Waals surface area contributed by atoms with E-state index in [1.165, 1.54) is 19.2 Å². The number of carbonyl (C=O) groups excluding carboxylic acids is 1. The summed E-state index contributed by atoms with van der Waals surface area (Å²) in [7, 11) is -2.31. The number of amides is 1. The van der Waals surface area contributed by atoms with Gasteiger partial charge < -0.3 is 10.1 Å². The van der Waals surface area contributed by atoms with Crippen LogP contribution in [0.1, 0.15) is 29.6 Å². The molecule has 29 heavy (non-hydrogen) atoms. The van der Waals surface area contributed by atoms with E-state index in [1.807, 2.05) is 0 Å². The fourth-order valence-corrected chi connectivity index (χ4v) is 4.76. The van der Waals surface area contributed by atoms with Gasteiger partial charge in [-0.2, -0.15) is 0 Å². The lowest BCUT2D eigenvalue weighted by Crippen LogP contribution is -2.29. The highest BCUT2D eigenvalue weighted by atomic mass is 79.9. The van der Waals surface area contributed by atoms with E-state index < -0.39 is 10.0 Å². The van der Waals surface area contributed by atoms with Gasteiger partial charge in [-0.3, -0.25) is 9.52 Å². The number of allylic oxidation sites excluding steroid dienone is 2. The first-order valence-electron chi connectivity index (χ1n) is 9.28. The quantitative estimate of drug-likeness (QED) is 0.579. The number of sulfonamides is 1. The number of benzene rings is 2. The summed E-state index contributed by atoms with van der Waals surface area (Å²) in [5.41, 5.74) is 0.702. The van der Waals surface area contributed by atoms with Gasteiger partial charge in [0.15, 0.2) is 0 Å².